The van der Waals surface area contributed by atoms with E-state index in [1.165, 1.54) is 35.6 Å². The molecule has 0 fully saturated rings. The fourth-order valence-corrected chi connectivity index (χ4v) is 4.02. The molecule has 1 amide bonds. The Labute approximate surface area is 181 Å². The Kier molecular flexibility index (Phi) is 5.77. The zero-order chi connectivity index (χ0) is 22.0. The smallest absolute Gasteiger partial charge is 0.225 e. The van der Waals surface area contributed by atoms with E-state index in [1.807, 2.05) is 25.1 Å². The van der Waals surface area contributed by atoms with Crippen molar-refractivity contribution in [2.75, 3.05) is 12.4 Å². The summed E-state index contributed by atoms with van der Waals surface area (Å²) in [6.07, 6.45) is 0.0169. The van der Waals surface area contributed by atoms with E-state index in [0.29, 0.717) is 16.5 Å². The second-order valence-electron chi connectivity index (χ2n) is 6.89. The molecule has 0 aliphatic heterocycles. The van der Waals surface area contributed by atoms with Gasteiger partial charge in [-0.15, -0.1) is 0 Å². The van der Waals surface area contributed by atoms with Gasteiger partial charge in [0.15, 0.2) is 5.78 Å². The molecule has 9 heteroatoms. The molecule has 0 atom stereocenters. The number of methoxy groups -OCH3 is 1. The highest BCUT2D eigenvalue weighted by molar-refractivity contribution is 7.20. The van der Waals surface area contributed by atoms with Crippen LogP contribution >= 0.6 is 11.3 Å². The maximum Gasteiger partial charge on any atom is 0.225 e. The molecule has 0 aliphatic carbocycles. The van der Waals surface area contributed by atoms with Crippen molar-refractivity contribution in [2.45, 2.75) is 19.8 Å². The monoisotopic (exact) mass is 438 g/mol. The van der Waals surface area contributed by atoms with Gasteiger partial charge in [-0.3, -0.25) is 9.59 Å². The molecule has 7 nitrogen and oxygen atoms in total. The van der Waals surface area contributed by atoms with Gasteiger partial charge in [-0.2, -0.15) is 9.78 Å². The average molecular weight is 438 g/mol. The topological polar surface area (TPSA) is 86.1 Å². The number of ketones is 1. The largest absolute Gasteiger partial charge is 0.497 e. The first-order valence-corrected chi connectivity index (χ1v) is 10.3. The minimum Gasteiger partial charge on any atom is -0.497 e. The highest BCUT2D eigenvalue weighted by atomic mass is 32.1. The van der Waals surface area contributed by atoms with E-state index < -0.39 is 5.82 Å². The zero-order valence-electron chi connectivity index (χ0n) is 16.9. The second-order valence-corrected chi connectivity index (χ2v) is 7.90. The molecule has 0 spiro atoms. The fourth-order valence-electron chi connectivity index (χ4n) is 3.06. The number of aryl methyl sites for hydroxylation is 1. The maximum absolute atomic E-state index is 13.0. The van der Waals surface area contributed by atoms with Crippen molar-refractivity contribution in [3.63, 3.8) is 0 Å². The molecule has 0 saturated carbocycles. The summed E-state index contributed by atoms with van der Waals surface area (Å²) in [7, 11) is 1.61. The molecule has 0 radical (unpaired) electrons. The van der Waals surface area contributed by atoms with Crippen LogP contribution in [0.5, 0.6) is 5.75 Å². The molecule has 2 aromatic heterocycles. The number of aromatic nitrogens is 3. The molecule has 1 N–H and O–H groups in total. The number of ether oxygens (including phenoxy) is 1. The third-order valence-corrected chi connectivity index (χ3v) is 5.60. The molecule has 4 rings (SSSR count). The number of Topliss-reactive ketones (excluding diaryl/α,β-unsaturated/α-hetero) is 1. The summed E-state index contributed by atoms with van der Waals surface area (Å²) in [5, 5.41) is 7.85. The third-order valence-electron chi connectivity index (χ3n) is 4.61. The molecule has 0 bridgehead atoms. The van der Waals surface area contributed by atoms with E-state index in [-0.39, 0.29) is 24.5 Å². The van der Waals surface area contributed by atoms with Crippen molar-refractivity contribution in [1.82, 2.24) is 14.8 Å². The van der Waals surface area contributed by atoms with Gasteiger partial charge in [-0.1, -0.05) is 11.3 Å². The van der Waals surface area contributed by atoms with E-state index >= 15 is 0 Å². The van der Waals surface area contributed by atoms with Gasteiger partial charge in [0.25, 0.3) is 0 Å². The van der Waals surface area contributed by atoms with Crippen LogP contribution in [0.25, 0.3) is 15.3 Å². The predicted octanol–water partition coefficient (Wildman–Crippen LogP) is 4.54. The van der Waals surface area contributed by atoms with Gasteiger partial charge in [0.1, 0.15) is 17.4 Å². The zero-order valence-corrected chi connectivity index (χ0v) is 17.7. The molecule has 0 saturated heterocycles. The number of carbonyl (C=O) groups is 2. The molecular formula is C22H19FN4O3S. The summed E-state index contributed by atoms with van der Waals surface area (Å²) in [6.45, 7) is 1.82. The normalized spacial score (nSPS) is 10.9. The molecule has 0 aliphatic rings. The van der Waals surface area contributed by atoms with E-state index in [1.54, 1.807) is 17.9 Å². The first kappa shape index (κ1) is 20.7. The predicted molar refractivity (Wildman–Crippen MR) is 117 cm³/mol. The van der Waals surface area contributed by atoms with Crippen molar-refractivity contribution in [2.24, 2.45) is 0 Å². The van der Waals surface area contributed by atoms with Crippen molar-refractivity contribution in [3.05, 3.63) is 65.6 Å². The highest BCUT2D eigenvalue weighted by Gasteiger charge is 2.16. The number of carbonyl (C=O) groups excluding carboxylic acids is 2. The van der Waals surface area contributed by atoms with Gasteiger partial charge in [0, 0.05) is 24.5 Å². The Balaban J connectivity index is 1.47. The first-order chi connectivity index (χ1) is 14.9. The minimum atomic E-state index is -0.411. The van der Waals surface area contributed by atoms with Gasteiger partial charge in [0.05, 0.1) is 23.0 Å². The number of fused-ring (bicyclic) bond motifs is 1. The number of amides is 1. The Bertz CT molecular complexity index is 1260. The summed E-state index contributed by atoms with van der Waals surface area (Å²) >= 11 is 1.42. The van der Waals surface area contributed by atoms with Crippen LogP contribution in [0.15, 0.2) is 48.5 Å². The van der Waals surface area contributed by atoms with E-state index in [4.69, 9.17) is 4.74 Å². The second kappa shape index (κ2) is 8.65. The summed E-state index contributed by atoms with van der Waals surface area (Å²) in [5.74, 6) is 0.256. The Hall–Kier alpha value is -3.59. The number of hydrogen-bond donors (Lipinski definition) is 1. The number of anilines is 1. The van der Waals surface area contributed by atoms with E-state index in [0.717, 1.165) is 21.7 Å². The lowest BCUT2D eigenvalue weighted by Crippen LogP contribution is -2.16. The number of halogens is 1. The number of nitrogens with one attached hydrogen (secondary N) is 1. The summed E-state index contributed by atoms with van der Waals surface area (Å²) < 4.78 is 20.8. The fraction of sp³-hybridized carbons (Fsp3) is 0.182. The SMILES string of the molecule is COc1ccc2nc(-n3nc(C)cc3NC(=O)CCC(=O)c3ccc(F)cc3)sc2c1. The molecular weight excluding hydrogens is 419 g/mol. The average Bonchev–Trinajstić information content (AvgIpc) is 3.34. The number of thiazole rings is 1. The molecule has 0 unspecified atom stereocenters. The lowest BCUT2D eigenvalue weighted by atomic mass is 10.1. The van der Waals surface area contributed by atoms with Gasteiger partial charge in [0.2, 0.25) is 11.0 Å². The number of nitrogens with zero attached hydrogens (tertiary/aromatic N) is 3. The molecule has 158 valence electrons. The van der Waals surface area contributed by atoms with Crippen molar-refractivity contribution >= 4 is 39.1 Å². The number of hydrogen-bond acceptors (Lipinski definition) is 6. The van der Waals surface area contributed by atoms with Crippen LogP contribution in [0.4, 0.5) is 10.2 Å². The number of benzene rings is 2. The van der Waals surface area contributed by atoms with Crippen LogP contribution < -0.4 is 10.1 Å². The van der Waals surface area contributed by atoms with Crippen LogP contribution in [0.2, 0.25) is 0 Å². The summed E-state index contributed by atoms with van der Waals surface area (Å²) in [6, 6.07) is 12.6. The van der Waals surface area contributed by atoms with Crippen LogP contribution in [-0.4, -0.2) is 33.6 Å². The quantitative estimate of drug-likeness (QED) is 0.428. The summed E-state index contributed by atoms with van der Waals surface area (Å²) in [4.78, 5) is 29.3. The third kappa shape index (κ3) is 4.61. The van der Waals surface area contributed by atoms with Crippen LogP contribution in [0, 0.1) is 12.7 Å². The first-order valence-electron chi connectivity index (χ1n) is 9.53. The van der Waals surface area contributed by atoms with E-state index in [9.17, 15) is 14.0 Å². The highest BCUT2D eigenvalue weighted by Crippen LogP contribution is 2.30. The van der Waals surface area contributed by atoms with Crippen LogP contribution in [0.1, 0.15) is 28.9 Å². The Morgan fingerprint density at radius 2 is 1.90 bits per heavy atom. The van der Waals surface area contributed by atoms with Crippen molar-refractivity contribution in [1.29, 1.82) is 0 Å². The number of rotatable bonds is 7. The van der Waals surface area contributed by atoms with Gasteiger partial charge in [-0.25, -0.2) is 9.37 Å². The molecule has 2 aromatic carbocycles. The van der Waals surface area contributed by atoms with Crippen molar-refractivity contribution in [3.8, 4) is 10.9 Å². The molecule has 2 heterocycles. The minimum absolute atomic E-state index is 0.00250. The van der Waals surface area contributed by atoms with Crippen LogP contribution in [0.3, 0.4) is 0 Å². The maximum atomic E-state index is 13.0. The van der Waals surface area contributed by atoms with E-state index in [2.05, 4.69) is 15.4 Å². The Morgan fingerprint density at radius 1 is 1.13 bits per heavy atom. The lowest BCUT2D eigenvalue weighted by molar-refractivity contribution is -0.116. The van der Waals surface area contributed by atoms with Crippen molar-refractivity contribution < 1.29 is 18.7 Å². The van der Waals surface area contributed by atoms with Gasteiger partial charge in [-0.05, 0) is 49.4 Å². The lowest BCUT2D eigenvalue weighted by Gasteiger charge is -2.06. The van der Waals surface area contributed by atoms with Gasteiger partial charge >= 0.3 is 0 Å². The summed E-state index contributed by atoms with van der Waals surface area (Å²) in [5.41, 5.74) is 1.89. The van der Waals surface area contributed by atoms with Gasteiger partial charge < -0.3 is 10.1 Å². The Morgan fingerprint density at radius 3 is 2.65 bits per heavy atom. The molecule has 4 aromatic rings. The standard InChI is InChI=1S/C22H19FN4O3S/c1-13-11-20(25-21(29)10-9-18(28)14-3-5-15(23)6-4-14)27(26-13)22-24-17-8-7-16(30-2)12-19(17)31-22/h3-8,11-12H,9-10H2,1-2H3,(H,25,29). The van der Waals surface area contributed by atoms with Crippen LogP contribution in [-0.2, 0) is 4.79 Å². The molecule has 31 heavy (non-hydrogen) atoms.